The second-order valence-electron chi connectivity index (χ2n) is 3.75. The standard InChI is InChI=1S/C9H12O3/c1-4-5-6(10)8-7(5)11-9(2,3)12-8/h1,5-8,10H,2-3H3/t5-,6+,7+,8-/m0/s1. The molecule has 1 N–H and O–H groups in total. The maximum absolute atomic E-state index is 9.46. The summed E-state index contributed by atoms with van der Waals surface area (Å²) in [7, 11) is 0. The molecule has 1 heterocycles. The highest BCUT2D eigenvalue weighted by Crippen LogP contribution is 2.43. The summed E-state index contributed by atoms with van der Waals surface area (Å²) in [5, 5.41) is 9.46. The van der Waals surface area contributed by atoms with Crippen LogP contribution in [-0.4, -0.2) is 29.2 Å². The number of fused-ring (bicyclic) bond motifs is 1. The van der Waals surface area contributed by atoms with E-state index in [0.29, 0.717) is 0 Å². The molecule has 3 heteroatoms. The third-order valence-electron chi connectivity index (χ3n) is 2.41. The quantitative estimate of drug-likeness (QED) is 0.522. The van der Waals surface area contributed by atoms with Gasteiger partial charge >= 0.3 is 0 Å². The monoisotopic (exact) mass is 168 g/mol. The molecule has 1 aliphatic carbocycles. The summed E-state index contributed by atoms with van der Waals surface area (Å²) in [6, 6.07) is 0. The van der Waals surface area contributed by atoms with Gasteiger partial charge in [0.2, 0.25) is 0 Å². The Kier molecular flexibility index (Phi) is 1.50. The second-order valence-corrected chi connectivity index (χ2v) is 3.75. The van der Waals surface area contributed by atoms with Crippen molar-refractivity contribution in [2.75, 3.05) is 0 Å². The van der Waals surface area contributed by atoms with Crippen molar-refractivity contribution in [3.05, 3.63) is 0 Å². The number of ether oxygens (including phenoxy) is 2. The van der Waals surface area contributed by atoms with Crippen LogP contribution in [0.3, 0.4) is 0 Å². The molecule has 0 radical (unpaired) electrons. The molecule has 0 spiro atoms. The van der Waals surface area contributed by atoms with Crippen molar-refractivity contribution in [1.82, 2.24) is 0 Å². The zero-order valence-corrected chi connectivity index (χ0v) is 7.15. The summed E-state index contributed by atoms with van der Waals surface area (Å²) >= 11 is 0. The van der Waals surface area contributed by atoms with Gasteiger partial charge in [0.05, 0.1) is 12.0 Å². The topological polar surface area (TPSA) is 38.7 Å². The van der Waals surface area contributed by atoms with Crippen LogP contribution in [-0.2, 0) is 9.47 Å². The predicted molar refractivity (Wildman–Crippen MR) is 42.2 cm³/mol. The molecule has 3 nitrogen and oxygen atoms in total. The van der Waals surface area contributed by atoms with Crippen molar-refractivity contribution in [1.29, 1.82) is 0 Å². The minimum atomic E-state index is -0.595. The Morgan fingerprint density at radius 3 is 2.50 bits per heavy atom. The molecule has 0 bridgehead atoms. The number of hydrogen-bond acceptors (Lipinski definition) is 3. The number of terminal acetylenes is 1. The molecule has 66 valence electrons. The molecular weight excluding hydrogens is 156 g/mol. The molecule has 2 fully saturated rings. The zero-order chi connectivity index (χ0) is 8.93. The van der Waals surface area contributed by atoms with Crippen molar-refractivity contribution in [2.45, 2.75) is 37.9 Å². The normalized spacial score (nSPS) is 49.2. The lowest BCUT2D eigenvalue weighted by Gasteiger charge is -2.39. The third-order valence-corrected chi connectivity index (χ3v) is 2.41. The summed E-state index contributed by atoms with van der Waals surface area (Å²) in [6.07, 6.45) is 4.34. The van der Waals surface area contributed by atoms with Gasteiger partial charge in [0.15, 0.2) is 5.79 Å². The maximum Gasteiger partial charge on any atom is 0.163 e. The summed E-state index contributed by atoms with van der Waals surface area (Å²) in [5.74, 6) is 1.71. The number of hydrogen-bond donors (Lipinski definition) is 1. The molecule has 1 saturated heterocycles. The van der Waals surface area contributed by atoms with Crippen LogP contribution in [0.2, 0.25) is 0 Å². The van der Waals surface area contributed by atoms with E-state index in [4.69, 9.17) is 15.9 Å². The van der Waals surface area contributed by atoms with Gasteiger partial charge in [-0.05, 0) is 13.8 Å². The Balaban J connectivity index is 2.12. The van der Waals surface area contributed by atoms with Crippen LogP contribution < -0.4 is 0 Å². The highest BCUT2D eigenvalue weighted by Gasteiger charge is 2.59. The van der Waals surface area contributed by atoms with Gasteiger partial charge in [-0.1, -0.05) is 5.92 Å². The first-order valence-electron chi connectivity index (χ1n) is 4.05. The molecule has 0 amide bonds. The fourth-order valence-electron chi connectivity index (χ4n) is 1.81. The Morgan fingerprint density at radius 1 is 1.33 bits per heavy atom. The van der Waals surface area contributed by atoms with Crippen molar-refractivity contribution in [3.8, 4) is 12.3 Å². The first-order chi connectivity index (χ1) is 5.55. The van der Waals surface area contributed by atoms with Gasteiger partial charge in [0.25, 0.3) is 0 Å². The summed E-state index contributed by atoms with van der Waals surface area (Å²) in [5.41, 5.74) is 0. The van der Waals surface area contributed by atoms with Crippen molar-refractivity contribution < 1.29 is 14.6 Å². The fourth-order valence-corrected chi connectivity index (χ4v) is 1.81. The first-order valence-corrected chi connectivity index (χ1v) is 4.05. The van der Waals surface area contributed by atoms with E-state index in [0.717, 1.165) is 0 Å². The van der Waals surface area contributed by atoms with Crippen LogP contribution in [0.5, 0.6) is 0 Å². The molecule has 0 unspecified atom stereocenters. The maximum atomic E-state index is 9.46. The molecular formula is C9H12O3. The highest BCUT2D eigenvalue weighted by atomic mass is 16.8. The van der Waals surface area contributed by atoms with Crippen LogP contribution in [0.15, 0.2) is 0 Å². The lowest BCUT2D eigenvalue weighted by molar-refractivity contribution is -0.143. The van der Waals surface area contributed by atoms with Gasteiger partial charge in [-0.15, -0.1) is 6.42 Å². The van der Waals surface area contributed by atoms with E-state index in [1.54, 1.807) is 0 Å². The lowest BCUT2D eigenvalue weighted by atomic mass is 9.76. The van der Waals surface area contributed by atoms with Gasteiger partial charge in [0.1, 0.15) is 12.2 Å². The van der Waals surface area contributed by atoms with E-state index in [9.17, 15) is 5.11 Å². The van der Waals surface area contributed by atoms with Gasteiger partial charge in [-0.25, -0.2) is 0 Å². The largest absolute Gasteiger partial charge is 0.389 e. The molecule has 4 atom stereocenters. The minimum absolute atomic E-state index is 0.111. The summed E-state index contributed by atoms with van der Waals surface area (Å²) in [4.78, 5) is 0. The average molecular weight is 168 g/mol. The smallest absolute Gasteiger partial charge is 0.163 e. The fraction of sp³-hybridized carbons (Fsp3) is 0.778. The van der Waals surface area contributed by atoms with E-state index in [1.807, 2.05) is 13.8 Å². The second kappa shape index (κ2) is 2.23. The van der Waals surface area contributed by atoms with Crippen molar-refractivity contribution >= 4 is 0 Å². The van der Waals surface area contributed by atoms with E-state index < -0.39 is 11.9 Å². The summed E-state index contributed by atoms with van der Waals surface area (Å²) < 4.78 is 10.9. The lowest BCUT2D eigenvalue weighted by Crippen LogP contribution is -2.57. The Labute approximate surface area is 71.7 Å². The third kappa shape index (κ3) is 0.893. The SMILES string of the molecule is C#C[C@H]1[C@@H](O)[C@@H]2OC(C)(C)O[C@H]12. The molecule has 0 aromatic carbocycles. The Morgan fingerprint density at radius 2 is 1.92 bits per heavy atom. The number of aliphatic hydroxyl groups is 1. The van der Waals surface area contributed by atoms with E-state index in [-0.39, 0.29) is 18.1 Å². The van der Waals surface area contributed by atoms with Gasteiger partial charge in [-0.2, -0.15) is 0 Å². The van der Waals surface area contributed by atoms with Crippen LogP contribution in [0.4, 0.5) is 0 Å². The van der Waals surface area contributed by atoms with Gasteiger partial charge in [-0.3, -0.25) is 0 Å². The van der Waals surface area contributed by atoms with Crippen LogP contribution in [0.1, 0.15) is 13.8 Å². The number of aliphatic hydroxyl groups excluding tert-OH is 1. The zero-order valence-electron chi connectivity index (χ0n) is 7.15. The molecule has 1 saturated carbocycles. The summed E-state index contributed by atoms with van der Waals surface area (Å²) in [6.45, 7) is 3.65. The number of rotatable bonds is 0. The highest BCUT2D eigenvalue weighted by molar-refractivity contribution is 5.16. The van der Waals surface area contributed by atoms with Crippen LogP contribution in [0.25, 0.3) is 0 Å². The Hall–Kier alpha value is -0.560. The molecule has 2 rings (SSSR count). The van der Waals surface area contributed by atoms with Gasteiger partial charge in [0, 0.05) is 0 Å². The molecule has 1 aliphatic heterocycles. The Bertz CT molecular complexity index is 241. The average Bonchev–Trinajstić information content (AvgIpc) is 2.25. The van der Waals surface area contributed by atoms with E-state index >= 15 is 0 Å². The first kappa shape index (κ1) is 8.06. The van der Waals surface area contributed by atoms with Crippen molar-refractivity contribution in [2.24, 2.45) is 5.92 Å². The van der Waals surface area contributed by atoms with E-state index in [2.05, 4.69) is 5.92 Å². The van der Waals surface area contributed by atoms with Crippen LogP contribution in [0, 0.1) is 18.3 Å². The van der Waals surface area contributed by atoms with Crippen LogP contribution >= 0.6 is 0 Å². The molecule has 0 aromatic rings. The molecule has 0 aromatic heterocycles. The molecule has 2 aliphatic rings. The van der Waals surface area contributed by atoms with Crippen molar-refractivity contribution in [3.63, 3.8) is 0 Å². The predicted octanol–water partition coefficient (Wildman–Crippen LogP) is 0.130. The van der Waals surface area contributed by atoms with Gasteiger partial charge < -0.3 is 14.6 Å². The minimum Gasteiger partial charge on any atom is -0.389 e. The molecule has 12 heavy (non-hydrogen) atoms. The van der Waals surface area contributed by atoms with E-state index in [1.165, 1.54) is 0 Å².